The number of anilines is 3. The van der Waals surface area contributed by atoms with E-state index in [9.17, 15) is 4.79 Å². The number of para-hydroxylation sites is 2. The first kappa shape index (κ1) is 19.0. The molecule has 0 fully saturated rings. The fraction of sp³-hybridized carbons (Fsp3) is 0.150. The monoisotopic (exact) mass is 379 g/mol. The van der Waals surface area contributed by atoms with Gasteiger partial charge in [0.05, 0.1) is 14.2 Å². The maximum Gasteiger partial charge on any atom is 0.254 e. The topological polar surface area (TPSA) is 111 Å². The van der Waals surface area contributed by atoms with E-state index in [1.807, 2.05) is 48.5 Å². The van der Waals surface area contributed by atoms with Gasteiger partial charge in [0.1, 0.15) is 11.4 Å². The number of aromatic nitrogens is 2. The summed E-state index contributed by atoms with van der Waals surface area (Å²) in [7, 11) is 3.17. The Morgan fingerprint density at radius 1 is 1.07 bits per heavy atom. The van der Waals surface area contributed by atoms with Crippen LogP contribution in [0.25, 0.3) is 0 Å². The molecular formula is C20H21N5O3. The highest BCUT2D eigenvalue weighted by atomic mass is 16.5. The summed E-state index contributed by atoms with van der Waals surface area (Å²) < 4.78 is 10.7. The molecule has 0 aliphatic carbocycles. The molecule has 0 radical (unpaired) electrons. The number of carbonyl (C=O) groups is 1. The second kappa shape index (κ2) is 8.72. The van der Waals surface area contributed by atoms with Crippen molar-refractivity contribution in [3.63, 3.8) is 0 Å². The lowest BCUT2D eigenvalue weighted by Crippen LogP contribution is -2.16. The SMILES string of the molecule is COc1cccc(CNc2ncc(C(N)=O)c(Nc3ccccc3)n2)c1OC. The minimum absolute atomic E-state index is 0.202. The van der Waals surface area contributed by atoms with Gasteiger partial charge in [0.25, 0.3) is 5.91 Å². The summed E-state index contributed by atoms with van der Waals surface area (Å²) in [6.07, 6.45) is 1.39. The molecule has 28 heavy (non-hydrogen) atoms. The molecule has 4 N–H and O–H groups in total. The van der Waals surface area contributed by atoms with E-state index in [2.05, 4.69) is 20.6 Å². The highest BCUT2D eigenvalue weighted by molar-refractivity contribution is 5.98. The molecule has 0 unspecified atom stereocenters. The van der Waals surface area contributed by atoms with Crippen LogP contribution in [0.1, 0.15) is 15.9 Å². The Hall–Kier alpha value is -3.81. The second-order valence-electron chi connectivity index (χ2n) is 5.82. The molecule has 2 aromatic carbocycles. The third-order valence-electron chi connectivity index (χ3n) is 4.01. The van der Waals surface area contributed by atoms with Crippen LogP contribution < -0.4 is 25.8 Å². The third-order valence-corrected chi connectivity index (χ3v) is 4.01. The smallest absolute Gasteiger partial charge is 0.254 e. The molecule has 0 saturated heterocycles. The minimum Gasteiger partial charge on any atom is -0.493 e. The summed E-state index contributed by atoms with van der Waals surface area (Å²) in [6.45, 7) is 0.404. The number of nitrogens with one attached hydrogen (secondary N) is 2. The normalized spacial score (nSPS) is 10.2. The van der Waals surface area contributed by atoms with Crippen LogP contribution in [-0.4, -0.2) is 30.1 Å². The van der Waals surface area contributed by atoms with Gasteiger partial charge in [-0.3, -0.25) is 4.79 Å². The molecule has 3 rings (SSSR count). The largest absolute Gasteiger partial charge is 0.493 e. The van der Waals surface area contributed by atoms with Gasteiger partial charge < -0.3 is 25.8 Å². The lowest BCUT2D eigenvalue weighted by Gasteiger charge is -2.14. The Bertz CT molecular complexity index is 963. The van der Waals surface area contributed by atoms with Gasteiger partial charge >= 0.3 is 0 Å². The Balaban J connectivity index is 1.83. The first-order valence-corrected chi connectivity index (χ1v) is 8.55. The van der Waals surface area contributed by atoms with E-state index in [0.717, 1.165) is 11.3 Å². The van der Waals surface area contributed by atoms with E-state index in [0.29, 0.717) is 29.8 Å². The molecule has 0 atom stereocenters. The molecule has 1 aromatic heterocycles. The number of hydrogen-bond acceptors (Lipinski definition) is 7. The van der Waals surface area contributed by atoms with E-state index < -0.39 is 5.91 Å². The molecule has 8 heteroatoms. The van der Waals surface area contributed by atoms with Crippen molar-refractivity contribution < 1.29 is 14.3 Å². The van der Waals surface area contributed by atoms with Crippen molar-refractivity contribution >= 4 is 23.4 Å². The molecule has 0 aliphatic heterocycles. The van der Waals surface area contributed by atoms with Crippen molar-refractivity contribution in [2.75, 3.05) is 24.9 Å². The summed E-state index contributed by atoms with van der Waals surface area (Å²) in [5.41, 5.74) is 7.30. The molecule has 1 heterocycles. The van der Waals surface area contributed by atoms with Crippen LogP contribution in [-0.2, 0) is 6.54 Å². The predicted molar refractivity (Wildman–Crippen MR) is 107 cm³/mol. The average Bonchev–Trinajstić information content (AvgIpc) is 2.72. The number of rotatable bonds is 8. The highest BCUT2D eigenvalue weighted by Crippen LogP contribution is 2.31. The van der Waals surface area contributed by atoms with E-state index in [1.54, 1.807) is 14.2 Å². The van der Waals surface area contributed by atoms with Crippen LogP contribution in [0.4, 0.5) is 17.5 Å². The van der Waals surface area contributed by atoms with Crippen LogP contribution in [0.5, 0.6) is 11.5 Å². The zero-order valence-electron chi connectivity index (χ0n) is 15.6. The number of ether oxygens (including phenoxy) is 2. The van der Waals surface area contributed by atoms with Crippen molar-refractivity contribution in [1.82, 2.24) is 9.97 Å². The van der Waals surface area contributed by atoms with Crippen molar-refractivity contribution in [3.05, 3.63) is 65.9 Å². The summed E-state index contributed by atoms with van der Waals surface area (Å²) in [5.74, 6) is 1.33. The maximum atomic E-state index is 11.7. The first-order chi connectivity index (χ1) is 13.6. The Kier molecular flexibility index (Phi) is 5.91. The van der Waals surface area contributed by atoms with Crippen molar-refractivity contribution in [3.8, 4) is 11.5 Å². The van der Waals surface area contributed by atoms with Crippen LogP contribution >= 0.6 is 0 Å². The van der Waals surface area contributed by atoms with Gasteiger partial charge in [-0.05, 0) is 18.2 Å². The standard InChI is InChI=1S/C20H21N5O3/c1-27-16-10-6-7-13(17(16)28-2)11-22-20-23-12-15(18(21)26)19(25-20)24-14-8-4-3-5-9-14/h3-10,12H,11H2,1-2H3,(H2,21,26)(H2,22,23,24,25). The lowest BCUT2D eigenvalue weighted by atomic mass is 10.2. The quantitative estimate of drug-likeness (QED) is 0.552. The highest BCUT2D eigenvalue weighted by Gasteiger charge is 2.14. The molecule has 0 saturated carbocycles. The number of benzene rings is 2. The number of primary amides is 1. The van der Waals surface area contributed by atoms with Gasteiger partial charge in [0.2, 0.25) is 5.95 Å². The maximum absolute atomic E-state index is 11.7. The van der Waals surface area contributed by atoms with Gasteiger partial charge in [-0.15, -0.1) is 0 Å². The molecule has 1 amide bonds. The summed E-state index contributed by atoms with van der Waals surface area (Å²) >= 11 is 0. The molecule has 3 aromatic rings. The van der Waals surface area contributed by atoms with E-state index >= 15 is 0 Å². The lowest BCUT2D eigenvalue weighted by molar-refractivity contribution is 0.100. The van der Waals surface area contributed by atoms with E-state index in [-0.39, 0.29) is 5.56 Å². The summed E-state index contributed by atoms with van der Waals surface area (Å²) in [5, 5.41) is 6.23. The van der Waals surface area contributed by atoms with Crippen molar-refractivity contribution in [2.24, 2.45) is 5.73 Å². The summed E-state index contributed by atoms with van der Waals surface area (Å²) in [4.78, 5) is 20.3. The van der Waals surface area contributed by atoms with Gasteiger partial charge in [-0.1, -0.05) is 30.3 Å². The average molecular weight is 379 g/mol. The van der Waals surface area contributed by atoms with Crippen molar-refractivity contribution in [2.45, 2.75) is 6.54 Å². The number of nitrogens with two attached hydrogens (primary N) is 1. The number of amides is 1. The molecule has 0 spiro atoms. The molecule has 0 aliphatic rings. The number of hydrogen-bond donors (Lipinski definition) is 3. The van der Waals surface area contributed by atoms with E-state index in [4.69, 9.17) is 15.2 Å². The number of nitrogens with zero attached hydrogens (tertiary/aromatic N) is 2. The van der Waals surface area contributed by atoms with Crippen LogP contribution in [0, 0.1) is 0 Å². The Labute approximate surface area is 162 Å². The first-order valence-electron chi connectivity index (χ1n) is 8.55. The van der Waals surface area contributed by atoms with Crippen LogP contribution in [0.15, 0.2) is 54.7 Å². The number of methoxy groups -OCH3 is 2. The molecule has 0 bridgehead atoms. The molecular weight excluding hydrogens is 358 g/mol. The van der Waals surface area contributed by atoms with Crippen LogP contribution in [0.2, 0.25) is 0 Å². The fourth-order valence-electron chi connectivity index (χ4n) is 2.67. The zero-order valence-corrected chi connectivity index (χ0v) is 15.6. The van der Waals surface area contributed by atoms with Gasteiger partial charge in [0, 0.05) is 24.0 Å². The zero-order chi connectivity index (χ0) is 19.9. The molecule has 8 nitrogen and oxygen atoms in total. The van der Waals surface area contributed by atoms with Gasteiger partial charge in [0.15, 0.2) is 11.5 Å². The van der Waals surface area contributed by atoms with Gasteiger partial charge in [-0.25, -0.2) is 4.98 Å². The summed E-state index contributed by atoms with van der Waals surface area (Å²) in [6, 6.07) is 15.0. The molecule has 144 valence electrons. The van der Waals surface area contributed by atoms with E-state index in [1.165, 1.54) is 6.20 Å². The van der Waals surface area contributed by atoms with Crippen molar-refractivity contribution in [1.29, 1.82) is 0 Å². The second-order valence-corrected chi connectivity index (χ2v) is 5.82. The Morgan fingerprint density at radius 2 is 1.86 bits per heavy atom. The fourth-order valence-corrected chi connectivity index (χ4v) is 2.67. The Morgan fingerprint density at radius 3 is 2.54 bits per heavy atom. The van der Waals surface area contributed by atoms with Crippen LogP contribution in [0.3, 0.4) is 0 Å². The van der Waals surface area contributed by atoms with Gasteiger partial charge in [-0.2, -0.15) is 4.98 Å². The minimum atomic E-state index is -0.612. The predicted octanol–water partition coefficient (Wildman–Crippen LogP) is 2.95. The number of carbonyl (C=O) groups excluding carboxylic acids is 1. The third kappa shape index (κ3) is 4.29.